The topological polar surface area (TPSA) is 85.0 Å². The van der Waals surface area contributed by atoms with E-state index in [4.69, 9.17) is 10.5 Å². The largest absolute Gasteiger partial charge is 0.341 e. The second-order valence-electron chi connectivity index (χ2n) is 4.95. The second kappa shape index (κ2) is 8.96. The van der Waals surface area contributed by atoms with Gasteiger partial charge in [0, 0.05) is 41.2 Å². The van der Waals surface area contributed by atoms with E-state index in [0.29, 0.717) is 18.7 Å². The Balaban J connectivity index is 2.58. The van der Waals surface area contributed by atoms with Gasteiger partial charge in [-0.25, -0.2) is 0 Å². The fraction of sp³-hybridized carbons (Fsp3) is 0.500. The molecule has 22 heavy (non-hydrogen) atoms. The van der Waals surface area contributed by atoms with E-state index in [1.54, 1.807) is 11.3 Å². The third-order valence-electron chi connectivity index (χ3n) is 3.25. The molecule has 1 rings (SSSR count). The van der Waals surface area contributed by atoms with E-state index in [9.17, 15) is 9.59 Å². The van der Waals surface area contributed by atoms with Gasteiger partial charge in [0.15, 0.2) is 5.78 Å². The Hall–Kier alpha value is -2.18. The molecule has 1 heterocycles. The Kier molecular flexibility index (Phi) is 7.28. The molecular weight excluding hydrogens is 298 g/mol. The molecule has 0 atom stereocenters. The van der Waals surface area contributed by atoms with Crippen LogP contribution in [-0.2, 0) is 4.79 Å². The fourth-order valence-corrected chi connectivity index (χ4v) is 3.09. The number of rotatable bonds is 8. The first-order valence-electron chi connectivity index (χ1n) is 7.11. The average Bonchev–Trinajstić information content (AvgIpc) is 2.83. The number of carbonyl (C=O) groups is 2. The van der Waals surface area contributed by atoms with Gasteiger partial charge >= 0.3 is 0 Å². The van der Waals surface area contributed by atoms with Crippen LogP contribution in [0, 0.1) is 36.5 Å². The van der Waals surface area contributed by atoms with E-state index < -0.39 is 0 Å². The van der Waals surface area contributed by atoms with Crippen LogP contribution in [0.25, 0.3) is 0 Å². The van der Waals surface area contributed by atoms with E-state index in [1.807, 2.05) is 32.1 Å². The number of nitrogens with zero attached hydrogens (tertiary/aromatic N) is 3. The van der Waals surface area contributed by atoms with Crippen molar-refractivity contribution in [3.05, 3.63) is 21.4 Å². The van der Waals surface area contributed by atoms with Crippen LogP contribution in [0.1, 0.15) is 45.8 Å². The number of ketones is 1. The van der Waals surface area contributed by atoms with Crippen molar-refractivity contribution in [1.29, 1.82) is 10.5 Å². The fourth-order valence-electron chi connectivity index (χ4n) is 2.15. The summed E-state index contributed by atoms with van der Waals surface area (Å²) in [5.41, 5.74) is 0.691. The number of nitriles is 2. The van der Waals surface area contributed by atoms with E-state index in [1.165, 1.54) is 4.90 Å². The van der Waals surface area contributed by atoms with Gasteiger partial charge in [-0.2, -0.15) is 10.5 Å². The second-order valence-corrected chi connectivity index (χ2v) is 6.41. The zero-order valence-corrected chi connectivity index (χ0v) is 13.7. The van der Waals surface area contributed by atoms with Crippen molar-refractivity contribution in [1.82, 2.24) is 4.90 Å². The standard InChI is InChI=1S/C16H19N3O2S/c1-12-11-14(13(2)22-12)15(20)5-6-16(21)19(9-3-7-17)10-4-8-18/h11H,3-6,9-10H2,1-2H3. The van der Waals surface area contributed by atoms with Crippen LogP contribution in [0.3, 0.4) is 0 Å². The maximum atomic E-state index is 12.2. The van der Waals surface area contributed by atoms with Gasteiger partial charge < -0.3 is 4.90 Å². The molecule has 6 heteroatoms. The van der Waals surface area contributed by atoms with Crippen LogP contribution in [-0.4, -0.2) is 29.7 Å². The molecule has 1 aromatic rings. The van der Waals surface area contributed by atoms with Crippen LogP contribution in [0.5, 0.6) is 0 Å². The molecule has 5 nitrogen and oxygen atoms in total. The quantitative estimate of drug-likeness (QED) is 0.690. The molecule has 0 aromatic carbocycles. The summed E-state index contributed by atoms with van der Waals surface area (Å²) >= 11 is 1.57. The molecule has 0 spiro atoms. The lowest BCUT2D eigenvalue weighted by Gasteiger charge is -2.20. The van der Waals surface area contributed by atoms with Gasteiger partial charge in [0.05, 0.1) is 25.0 Å². The van der Waals surface area contributed by atoms with Gasteiger partial charge in [0.1, 0.15) is 0 Å². The maximum absolute atomic E-state index is 12.2. The molecule has 1 amide bonds. The minimum Gasteiger partial charge on any atom is -0.341 e. The summed E-state index contributed by atoms with van der Waals surface area (Å²) in [7, 11) is 0. The van der Waals surface area contributed by atoms with Crippen molar-refractivity contribution in [2.24, 2.45) is 0 Å². The molecule has 0 fully saturated rings. The predicted octanol–water partition coefficient (Wildman–Crippen LogP) is 2.98. The van der Waals surface area contributed by atoms with Gasteiger partial charge in [0.2, 0.25) is 5.91 Å². The Bertz CT molecular complexity index is 604. The highest BCUT2D eigenvalue weighted by Crippen LogP contribution is 2.22. The van der Waals surface area contributed by atoms with Gasteiger partial charge in [-0.3, -0.25) is 9.59 Å². The number of aryl methyl sites for hydroxylation is 2. The Morgan fingerprint density at radius 2 is 1.73 bits per heavy atom. The van der Waals surface area contributed by atoms with E-state index in [2.05, 4.69) is 0 Å². The highest BCUT2D eigenvalue weighted by atomic mass is 32.1. The van der Waals surface area contributed by atoms with Gasteiger partial charge in [-0.1, -0.05) is 0 Å². The lowest BCUT2D eigenvalue weighted by molar-refractivity contribution is -0.131. The number of hydrogen-bond donors (Lipinski definition) is 0. The normalized spacial score (nSPS) is 9.82. The number of hydrogen-bond acceptors (Lipinski definition) is 5. The highest BCUT2D eigenvalue weighted by molar-refractivity contribution is 7.12. The molecule has 0 N–H and O–H groups in total. The molecule has 1 aromatic heterocycles. The van der Waals surface area contributed by atoms with Crippen LogP contribution in [0.4, 0.5) is 0 Å². The predicted molar refractivity (Wildman–Crippen MR) is 84.4 cm³/mol. The summed E-state index contributed by atoms with van der Waals surface area (Å²) < 4.78 is 0. The lowest BCUT2D eigenvalue weighted by Crippen LogP contribution is -2.33. The number of amides is 1. The first-order chi connectivity index (χ1) is 10.5. The van der Waals surface area contributed by atoms with Crippen molar-refractivity contribution < 1.29 is 9.59 Å². The monoisotopic (exact) mass is 317 g/mol. The van der Waals surface area contributed by atoms with Gasteiger partial charge in [-0.05, 0) is 19.9 Å². The molecule has 0 unspecified atom stereocenters. The van der Waals surface area contributed by atoms with Crippen molar-refractivity contribution in [2.45, 2.75) is 39.5 Å². The summed E-state index contributed by atoms with van der Waals surface area (Å²) in [6.07, 6.45) is 0.734. The van der Waals surface area contributed by atoms with Crippen LogP contribution in [0.2, 0.25) is 0 Å². The highest BCUT2D eigenvalue weighted by Gasteiger charge is 2.17. The van der Waals surface area contributed by atoms with E-state index >= 15 is 0 Å². The molecule has 0 saturated carbocycles. The molecule has 116 valence electrons. The zero-order chi connectivity index (χ0) is 16.5. The van der Waals surface area contributed by atoms with Crippen LogP contribution < -0.4 is 0 Å². The summed E-state index contributed by atoms with van der Waals surface area (Å²) in [5.74, 6) is -0.209. The number of Topliss-reactive ketones (excluding diaryl/α,β-unsaturated/α-hetero) is 1. The van der Waals surface area contributed by atoms with E-state index in [0.717, 1.165) is 9.75 Å². The molecular formula is C16H19N3O2S. The van der Waals surface area contributed by atoms with Crippen molar-refractivity contribution >= 4 is 23.0 Å². The van der Waals surface area contributed by atoms with Crippen molar-refractivity contribution in [2.75, 3.05) is 13.1 Å². The minimum absolute atomic E-state index is 0.0317. The maximum Gasteiger partial charge on any atom is 0.223 e. The first kappa shape index (κ1) is 17.9. The number of carbonyl (C=O) groups excluding carboxylic acids is 2. The van der Waals surface area contributed by atoms with E-state index in [-0.39, 0.29) is 37.4 Å². The molecule has 0 aliphatic carbocycles. The SMILES string of the molecule is Cc1cc(C(=O)CCC(=O)N(CCC#N)CCC#N)c(C)s1. The summed E-state index contributed by atoms with van der Waals surface area (Å²) in [6, 6.07) is 5.83. The molecule has 0 aliphatic rings. The molecule has 0 radical (unpaired) electrons. The number of thiophene rings is 1. The van der Waals surface area contributed by atoms with Gasteiger partial charge in [-0.15, -0.1) is 11.3 Å². The Morgan fingerprint density at radius 3 is 2.18 bits per heavy atom. The van der Waals surface area contributed by atoms with Crippen LogP contribution in [0.15, 0.2) is 6.07 Å². The molecule has 0 aliphatic heterocycles. The summed E-state index contributed by atoms with van der Waals surface area (Å²) in [6.45, 7) is 4.47. The Morgan fingerprint density at radius 1 is 1.14 bits per heavy atom. The molecule has 0 saturated heterocycles. The Labute approximate surface area is 134 Å². The van der Waals surface area contributed by atoms with Crippen molar-refractivity contribution in [3.63, 3.8) is 0 Å². The minimum atomic E-state index is -0.177. The lowest BCUT2D eigenvalue weighted by atomic mass is 10.1. The summed E-state index contributed by atoms with van der Waals surface area (Å²) in [4.78, 5) is 27.8. The zero-order valence-electron chi connectivity index (χ0n) is 12.9. The smallest absolute Gasteiger partial charge is 0.223 e. The summed E-state index contributed by atoms with van der Waals surface area (Å²) in [5, 5.41) is 17.2. The first-order valence-corrected chi connectivity index (χ1v) is 7.93. The third-order valence-corrected chi connectivity index (χ3v) is 4.21. The van der Waals surface area contributed by atoms with Crippen molar-refractivity contribution in [3.8, 4) is 12.1 Å². The average molecular weight is 317 g/mol. The van der Waals surface area contributed by atoms with Gasteiger partial charge in [0.25, 0.3) is 0 Å². The molecule has 0 bridgehead atoms. The third kappa shape index (κ3) is 5.31. The van der Waals surface area contributed by atoms with Crippen LogP contribution >= 0.6 is 11.3 Å².